The lowest BCUT2D eigenvalue weighted by molar-refractivity contribution is -0.140. The van der Waals surface area contributed by atoms with Crippen molar-refractivity contribution >= 4 is 5.97 Å². The molecule has 3 N–H and O–H groups in total. The smallest absolute Gasteiger partial charge is 0.322 e. The summed E-state index contributed by atoms with van der Waals surface area (Å²) >= 11 is 0. The van der Waals surface area contributed by atoms with Crippen LogP contribution in [0.3, 0.4) is 0 Å². The van der Waals surface area contributed by atoms with Gasteiger partial charge in [-0.3, -0.25) is 4.79 Å². The third kappa shape index (κ3) is 3.38. The molecule has 2 aliphatic rings. The molecule has 2 heterocycles. The van der Waals surface area contributed by atoms with Crippen molar-refractivity contribution in [3.05, 3.63) is 59.7 Å². The van der Waals surface area contributed by atoms with Crippen molar-refractivity contribution in [3.63, 3.8) is 0 Å². The van der Waals surface area contributed by atoms with Gasteiger partial charge in [-0.1, -0.05) is 36.4 Å². The van der Waals surface area contributed by atoms with Gasteiger partial charge >= 0.3 is 5.97 Å². The second kappa shape index (κ2) is 7.35. The standard InChI is InChI=1S/C20H22N2O4/c23-20(24)19-15(11-13-5-2-1-3-6-13)18(21-22-19)14-7-8-16-17(12-14)26-10-4-9-25-16/h1-3,5-8,12,15,18-19,21-22H,4,9-11H2,(H,23,24). The van der Waals surface area contributed by atoms with Gasteiger partial charge < -0.3 is 14.6 Å². The van der Waals surface area contributed by atoms with E-state index in [0.29, 0.717) is 19.6 Å². The summed E-state index contributed by atoms with van der Waals surface area (Å²) in [5.41, 5.74) is 8.23. The van der Waals surface area contributed by atoms with Gasteiger partial charge in [-0.25, -0.2) is 10.9 Å². The fourth-order valence-corrected chi connectivity index (χ4v) is 3.66. The molecule has 1 fully saturated rings. The zero-order chi connectivity index (χ0) is 17.9. The van der Waals surface area contributed by atoms with E-state index in [0.717, 1.165) is 29.0 Å². The Labute approximate surface area is 152 Å². The number of aliphatic carboxylic acids is 1. The maximum absolute atomic E-state index is 11.7. The molecule has 26 heavy (non-hydrogen) atoms. The number of rotatable bonds is 4. The number of carboxylic acids is 1. The van der Waals surface area contributed by atoms with Crippen LogP contribution < -0.4 is 20.3 Å². The number of carboxylic acid groups (broad SMARTS) is 1. The molecule has 3 unspecified atom stereocenters. The Morgan fingerprint density at radius 2 is 1.81 bits per heavy atom. The van der Waals surface area contributed by atoms with Crippen LogP contribution in [-0.2, 0) is 11.2 Å². The summed E-state index contributed by atoms with van der Waals surface area (Å²) < 4.78 is 11.5. The molecule has 0 amide bonds. The van der Waals surface area contributed by atoms with Crippen LogP contribution in [0, 0.1) is 5.92 Å². The monoisotopic (exact) mass is 354 g/mol. The Bertz CT molecular complexity index is 781. The van der Waals surface area contributed by atoms with E-state index in [1.165, 1.54) is 0 Å². The van der Waals surface area contributed by atoms with Gasteiger partial charge in [0.1, 0.15) is 6.04 Å². The molecule has 6 nitrogen and oxygen atoms in total. The molecule has 2 aliphatic heterocycles. The van der Waals surface area contributed by atoms with Crippen LogP contribution in [0.15, 0.2) is 48.5 Å². The summed E-state index contributed by atoms with van der Waals surface area (Å²) in [6.45, 7) is 1.27. The van der Waals surface area contributed by atoms with E-state index in [4.69, 9.17) is 9.47 Å². The summed E-state index contributed by atoms with van der Waals surface area (Å²) in [6.07, 6.45) is 1.52. The number of carbonyl (C=O) groups is 1. The highest BCUT2D eigenvalue weighted by Gasteiger charge is 2.41. The Morgan fingerprint density at radius 1 is 1.04 bits per heavy atom. The van der Waals surface area contributed by atoms with Gasteiger partial charge in [0.05, 0.1) is 19.3 Å². The Morgan fingerprint density at radius 3 is 2.58 bits per heavy atom. The van der Waals surface area contributed by atoms with Crippen molar-refractivity contribution in [2.75, 3.05) is 13.2 Å². The number of hydrogen-bond donors (Lipinski definition) is 3. The Hall–Kier alpha value is -2.57. The largest absolute Gasteiger partial charge is 0.490 e. The molecule has 6 heteroatoms. The average Bonchev–Trinajstić information content (AvgIpc) is 2.92. The molecule has 4 rings (SSSR count). The summed E-state index contributed by atoms with van der Waals surface area (Å²) in [4.78, 5) is 11.7. The van der Waals surface area contributed by atoms with Crippen molar-refractivity contribution in [1.29, 1.82) is 0 Å². The van der Waals surface area contributed by atoms with Crippen molar-refractivity contribution in [1.82, 2.24) is 10.9 Å². The second-order valence-electron chi connectivity index (χ2n) is 6.69. The molecule has 136 valence electrons. The predicted molar refractivity (Wildman–Crippen MR) is 96.1 cm³/mol. The molecule has 0 bridgehead atoms. The zero-order valence-electron chi connectivity index (χ0n) is 14.4. The molecular formula is C20H22N2O4. The first-order chi connectivity index (χ1) is 12.7. The van der Waals surface area contributed by atoms with E-state index in [1.807, 2.05) is 48.5 Å². The summed E-state index contributed by atoms with van der Waals surface area (Å²) in [5.74, 6) is 0.487. The SMILES string of the molecule is O=C(O)C1NNC(c2ccc3c(c2)OCCCO3)C1Cc1ccccc1. The van der Waals surface area contributed by atoms with E-state index in [1.54, 1.807) is 0 Å². The molecule has 0 radical (unpaired) electrons. The first-order valence-corrected chi connectivity index (χ1v) is 8.90. The van der Waals surface area contributed by atoms with Crippen LogP contribution in [0.25, 0.3) is 0 Å². The third-order valence-electron chi connectivity index (χ3n) is 4.96. The molecule has 0 aliphatic carbocycles. The predicted octanol–water partition coefficient (Wildman–Crippen LogP) is 2.31. The van der Waals surface area contributed by atoms with Crippen LogP contribution in [0.5, 0.6) is 11.5 Å². The summed E-state index contributed by atoms with van der Waals surface area (Å²) in [7, 11) is 0. The fourth-order valence-electron chi connectivity index (χ4n) is 3.66. The topological polar surface area (TPSA) is 79.8 Å². The number of hydrazine groups is 1. The maximum Gasteiger partial charge on any atom is 0.322 e. The third-order valence-corrected chi connectivity index (χ3v) is 4.96. The van der Waals surface area contributed by atoms with Crippen molar-refractivity contribution < 1.29 is 19.4 Å². The van der Waals surface area contributed by atoms with Crippen LogP contribution in [0.2, 0.25) is 0 Å². The first-order valence-electron chi connectivity index (χ1n) is 8.90. The van der Waals surface area contributed by atoms with Gasteiger partial charge in [-0.15, -0.1) is 0 Å². The average molecular weight is 354 g/mol. The van der Waals surface area contributed by atoms with Crippen molar-refractivity contribution in [2.24, 2.45) is 5.92 Å². The van der Waals surface area contributed by atoms with E-state index in [-0.39, 0.29) is 12.0 Å². The molecule has 2 aromatic rings. The van der Waals surface area contributed by atoms with E-state index in [9.17, 15) is 9.90 Å². The maximum atomic E-state index is 11.7. The second-order valence-corrected chi connectivity index (χ2v) is 6.69. The van der Waals surface area contributed by atoms with Gasteiger partial charge in [0.2, 0.25) is 0 Å². The minimum Gasteiger partial charge on any atom is -0.490 e. The number of hydrogen-bond acceptors (Lipinski definition) is 5. The minimum atomic E-state index is -0.852. The van der Waals surface area contributed by atoms with Crippen LogP contribution in [0.1, 0.15) is 23.6 Å². The fraction of sp³-hybridized carbons (Fsp3) is 0.350. The number of benzene rings is 2. The molecule has 2 aromatic carbocycles. The Kier molecular flexibility index (Phi) is 4.77. The molecule has 3 atom stereocenters. The van der Waals surface area contributed by atoms with E-state index >= 15 is 0 Å². The lowest BCUT2D eigenvalue weighted by Crippen LogP contribution is -2.39. The molecule has 0 saturated carbocycles. The van der Waals surface area contributed by atoms with Gasteiger partial charge in [-0.05, 0) is 29.7 Å². The van der Waals surface area contributed by atoms with Crippen LogP contribution in [-0.4, -0.2) is 30.3 Å². The van der Waals surface area contributed by atoms with Gasteiger partial charge in [0.15, 0.2) is 11.5 Å². The summed E-state index contributed by atoms with van der Waals surface area (Å²) in [5, 5.41) is 9.61. The van der Waals surface area contributed by atoms with E-state index < -0.39 is 12.0 Å². The number of ether oxygens (including phenoxy) is 2. The number of fused-ring (bicyclic) bond motifs is 1. The molecular weight excluding hydrogens is 332 g/mol. The minimum absolute atomic E-state index is 0.125. The highest BCUT2D eigenvalue weighted by molar-refractivity contribution is 5.74. The normalized spacial score (nSPS) is 24.8. The van der Waals surface area contributed by atoms with Gasteiger partial charge in [-0.2, -0.15) is 0 Å². The summed E-state index contributed by atoms with van der Waals surface area (Å²) in [6, 6.07) is 15.0. The van der Waals surface area contributed by atoms with Gasteiger partial charge in [0.25, 0.3) is 0 Å². The van der Waals surface area contributed by atoms with Gasteiger partial charge in [0, 0.05) is 12.3 Å². The Balaban J connectivity index is 1.63. The van der Waals surface area contributed by atoms with E-state index in [2.05, 4.69) is 10.9 Å². The number of nitrogens with one attached hydrogen (secondary N) is 2. The van der Waals surface area contributed by atoms with Crippen LogP contribution in [0.4, 0.5) is 0 Å². The van der Waals surface area contributed by atoms with Crippen LogP contribution >= 0.6 is 0 Å². The first kappa shape index (κ1) is 16.9. The molecule has 0 aromatic heterocycles. The molecule has 1 saturated heterocycles. The van der Waals surface area contributed by atoms with Crippen molar-refractivity contribution in [2.45, 2.75) is 24.9 Å². The lowest BCUT2D eigenvalue weighted by Gasteiger charge is -2.22. The lowest BCUT2D eigenvalue weighted by atomic mass is 9.84. The van der Waals surface area contributed by atoms with Crippen molar-refractivity contribution in [3.8, 4) is 11.5 Å². The zero-order valence-corrected chi connectivity index (χ0v) is 14.4. The highest BCUT2D eigenvalue weighted by Crippen LogP contribution is 2.37. The quantitative estimate of drug-likeness (QED) is 0.782. The molecule has 0 spiro atoms. The highest BCUT2D eigenvalue weighted by atomic mass is 16.5.